The molecule has 1 atom stereocenters. The molecule has 5 nitrogen and oxygen atoms in total. The lowest BCUT2D eigenvalue weighted by Gasteiger charge is -2.33. The van der Waals surface area contributed by atoms with Crippen molar-refractivity contribution >= 4 is 23.4 Å². The van der Waals surface area contributed by atoms with Crippen LogP contribution >= 0.6 is 11.6 Å². The second kappa shape index (κ2) is 8.77. The van der Waals surface area contributed by atoms with E-state index in [1.807, 2.05) is 23.1 Å². The number of likely N-dealkylation sites (tertiary alicyclic amines) is 1. The second-order valence-corrected chi connectivity index (χ2v) is 6.17. The van der Waals surface area contributed by atoms with E-state index in [2.05, 4.69) is 5.32 Å². The number of ether oxygens (including phenoxy) is 1. The van der Waals surface area contributed by atoms with Gasteiger partial charge in [-0.2, -0.15) is 0 Å². The zero-order valence-corrected chi connectivity index (χ0v) is 14.1. The predicted octanol–water partition coefficient (Wildman–Crippen LogP) is 2.63. The Kier molecular flexibility index (Phi) is 6.71. The van der Waals surface area contributed by atoms with E-state index < -0.39 is 0 Å². The number of nitrogens with one attached hydrogen (secondary N) is 1. The average Bonchev–Trinajstić information content (AvgIpc) is 2.52. The van der Waals surface area contributed by atoms with Crippen LogP contribution in [0.2, 0.25) is 5.02 Å². The number of rotatable bonds is 6. The van der Waals surface area contributed by atoms with Gasteiger partial charge in [0.05, 0.1) is 11.6 Å². The van der Waals surface area contributed by atoms with E-state index in [0.717, 1.165) is 19.4 Å². The van der Waals surface area contributed by atoms with Crippen molar-refractivity contribution in [2.45, 2.75) is 38.6 Å². The fraction of sp³-hybridized carbons (Fsp3) is 0.529. The van der Waals surface area contributed by atoms with Crippen molar-refractivity contribution in [1.82, 2.24) is 10.2 Å². The normalized spacial score (nSPS) is 17.7. The van der Waals surface area contributed by atoms with E-state index in [1.54, 1.807) is 6.07 Å². The minimum Gasteiger partial charge on any atom is -0.492 e. The van der Waals surface area contributed by atoms with Gasteiger partial charge in [-0.3, -0.25) is 9.59 Å². The first-order valence-electron chi connectivity index (χ1n) is 7.98. The van der Waals surface area contributed by atoms with Gasteiger partial charge < -0.3 is 15.0 Å². The lowest BCUT2D eigenvalue weighted by atomic mass is 10.1. The molecule has 1 heterocycles. The maximum absolute atomic E-state index is 12.2. The van der Waals surface area contributed by atoms with Gasteiger partial charge in [-0.05, 0) is 31.4 Å². The van der Waals surface area contributed by atoms with E-state index in [4.69, 9.17) is 16.3 Å². The van der Waals surface area contributed by atoms with Crippen LogP contribution in [0.15, 0.2) is 24.3 Å². The quantitative estimate of drug-likeness (QED) is 0.811. The van der Waals surface area contributed by atoms with E-state index in [0.29, 0.717) is 36.8 Å². The topological polar surface area (TPSA) is 58.6 Å². The third-order valence-electron chi connectivity index (χ3n) is 3.81. The SMILES string of the molecule is CC(=O)N[C@H]1CCCN(C(=O)CCCOc2ccccc2Cl)C1. The lowest BCUT2D eigenvalue weighted by molar-refractivity contribution is -0.133. The molecule has 126 valence electrons. The summed E-state index contributed by atoms with van der Waals surface area (Å²) < 4.78 is 5.59. The summed E-state index contributed by atoms with van der Waals surface area (Å²) in [5.74, 6) is 0.713. The maximum atomic E-state index is 12.2. The highest BCUT2D eigenvalue weighted by Gasteiger charge is 2.23. The van der Waals surface area contributed by atoms with Gasteiger partial charge in [0, 0.05) is 32.5 Å². The molecule has 23 heavy (non-hydrogen) atoms. The van der Waals surface area contributed by atoms with E-state index in [-0.39, 0.29) is 17.9 Å². The van der Waals surface area contributed by atoms with Crippen molar-refractivity contribution in [3.05, 3.63) is 29.3 Å². The van der Waals surface area contributed by atoms with Crippen LogP contribution in [0.4, 0.5) is 0 Å². The zero-order valence-electron chi connectivity index (χ0n) is 13.4. The first kappa shape index (κ1) is 17.6. The van der Waals surface area contributed by atoms with Crippen molar-refractivity contribution in [1.29, 1.82) is 0 Å². The average molecular weight is 339 g/mol. The van der Waals surface area contributed by atoms with Crippen molar-refractivity contribution in [2.24, 2.45) is 0 Å². The van der Waals surface area contributed by atoms with Crippen LogP contribution in [0.5, 0.6) is 5.75 Å². The number of nitrogens with zero attached hydrogens (tertiary/aromatic N) is 1. The van der Waals surface area contributed by atoms with Gasteiger partial charge in [0.15, 0.2) is 0 Å². The van der Waals surface area contributed by atoms with Gasteiger partial charge >= 0.3 is 0 Å². The van der Waals surface area contributed by atoms with Crippen LogP contribution in [0.25, 0.3) is 0 Å². The Labute approximate surface area is 141 Å². The van der Waals surface area contributed by atoms with Crippen molar-refractivity contribution in [3.63, 3.8) is 0 Å². The molecule has 1 N–H and O–H groups in total. The number of piperidine rings is 1. The molecule has 2 amide bonds. The molecule has 6 heteroatoms. The van der Waals surface area contributed by atoms with Crippen LogP contribution in [-0.2, 0) is 9.59 Å². The summed E-state index contributed by atoms with van der Waals surface area (Å²) in [7, 11) is 0. The minimum atomic E-state index is -0.0440. The Bertz CT molecular complexity index is 550. The van der Waals surface area contributed by atoms with E-state index in [9.17, 15) is 9.59 Å². The van der Waals surface area contributed by atoms with Crippen molar-refractivity contribution < 1.29 is 14.3 Å². The third kappa shape index (κ3) is 5.75. The van der Waals surface area contributed by atoms with Crippen LogP contribution in [0.3, 0.4) is 0 Å². The predicted molar refractivity (Wildman–Crippen MR) is 89.6 cm³/mol. The molecule has 0 bridgehead atoms. The number of amides is 2. The van der Waals surface area contributed by atoms with Crippen molar-refractivity contribution in [2.75, 3.05) is 19.7 Å². The summed E-state index contributed by atoms with van der Waals surface area (Å²) in [5.41, 5.74) is 0. The van der Waals surface area contributed by atoms with Gasteiger partial charge in [0.2, 0.25) is 11.8 Å². The fourth-order valence-electron chi connectivity index (χ4n) is 2.73. The summed E-state index contributed by atoms with van der Waals surface area (Å²) in [4.78, 5) is 25.2. The summed E-state index contributed by atoms with van der Waals surface area (Å²) >= 11 is 6.01. The Morgan fingerprint density at radius 1 is 1.39 bits per heavy atom. The fourth-order valence-corrected chi connectivity index (χ4v) is 2.92. The molecular weight excluding hydrogens is 316 g/mol. The summed E-state index contributed by atoms with van der Waals surface area (Å²) in [5, 5.41) is 3.47. The van der Waals surface area contributed by atoms with E-state index in [1.165, 1.54) is 6.92 Å². The summed E-state index contributed by atoms with van der Waals surface area (Å²) in [6, 6.07) is 7.37. The third-order valence-corrected chi connectivity index (χ3v) is 4.12. The summed E-state index contributed by atoms with van der Waals surface area (Å²) in [6.07, 6.45) is 2.94. The smallest absolute Gasteiger partial charge is 0.222 e. The molecule has 1 aliphatic rings. The molecule has 1 aromatic rings. The molecule has 0 unspecified atom stereocenters. The number of para-hydroxylation sites is 1. The van der Waals surface area contributed by atoms with Gasteiger partial charge in [0.1, 0.15) is 5.75 Å². The largest absolute Gasteiger partial charge is 0.492 e. The number of carbonyl (C=O) groups excluding carboxylic acids is 2. The number of carbonyl (C=O) groups is 2. The van der Waals surface area contributed by atoms with Crippen LogP contribution in [0, 0.1) is 0 Å². The standard InChI is InChI=1S/C17H23ClN2O3/c1-13(21)19-14-6-4-10-20(12-14)17(22)9-5-11-23-16-8-3-2-7-15(16)18/h2-3,7-8,14H,4-6,9-12H2,1H3,(H,19,21)/t14-/m0/s1. The van der Waals surface area contributed by atoms with Crippen LogP contribution in [0.1, 0.15) is 32.6 Å². The molecule has 2 rings (SSSR count). The first-order valence-corrected chi connectivity index (χ1v) is 8.36. The van der Waals surface area contributed by atoms with Gasteiger partial charge in [-0.1, -0.05) is 23.7 Å². The second-order valence-electron chi connectivity index (χ2n) is 5.76. The highest BCUT2D eigenvalue weighted by atomic mass is 35.5. The molecule has 0 saturated carbocycles. The molecule has 0 aromatic heterocycles. The molecular formula is C17H23ClN2O3. The number of hydrogen-bond donors (Lipinski definition) is 1. The Morgan fingerprint density at radius 2 is 2.17 bits per heavy atom. The molecule has 1 aliphatic heterocycles. The maximum Gasteiger partial charge on any atom is 0.222 e. The Hall–Kier alpha value is -1.75. The molecule has 1 saturated heterocycles. The molecule has 0 spiro atoms. The highest BCUT2D eigenvalue weighted by Crippen LogP contribution is 2.23. The summed E-state index contributed by atoms with van der Waals surface area (Å²) in [6.45, 7) is 3.33. The van der Waals surface area contributed by atoms with Crippen LogP contribution < -0.4 is 10.1 Å². The molecule has 1 fully saturated rings. The molecule has 1 aromatic carbocycles. The van der Waals surface area contributed by atoms with E-state index >= 15 is 0 Å². The van der Waals surface area contributed by atoms with Gasteiger partial charge in [-0.25, -0.2) is 0 Å². The number of benzene rings is 1. The number of hydrogen-bond acceptors (Lipinski definition) is 3. The highest BCUT2D eigenvalue weighted by molar-refractivity contribution is 6.32. The van der Waals surface area contributed by atoms with Gasteiger partial charge in [-0.15, -0.1) is 0 Å². The zero-order chi connectivity index (χ0) is 16.7. The Balaban J connectivity index is 1.70. The van der Waals surface area contributed by atoms with Crippen molar-refractivity contribution in [3.8, 4) is 5.75 Å². The molecule has 0 aliphatic carbocycles. The van der Waals surface area contributed by atoms with Gasteiger partial charge in [0.25, 0.3) is 0 Å². The number of halogens is 1. The monoisotopic (exact) mass is 338 g/mol. The van der Waals surface area contributed by atoms with Crippen LogP contribution in [-0.4, -0.2) is 42.5 Å². The first-order chi connectivity index (χ1) is 11.1. The Morgan fingerprint density at radius 3 is 2.91 bits per heavy atom. The molecule has 0 radical (unpaired) electrons. The lowest BCUT2D eigenvalue weighted by Crippen LogP contribution is -2.49. The minimum absolute atomic E-state index is 0.0440.